The first kappa shape index (κ1) is 13.9. The molecule has 1 unspecified atom stereocenters. The molecule has 0 saturated carbocycles. The zero-order valence-corrected chi connectivity index (χ0v) is 11.1. The molecule has 1 aliphatic heterocycles. The van der Waals surface area contributed by atoms with Gasteiger partial charge in [0, 0.05) is 0 Å². The van der Waals surface area contributed by atoms with E-state index in [1.807, 2.05) is 0 Å². The molecule has 0 spiro atoms. The zero-order valence-electron chi connectivity index (χ0n) is 11.1. The maximum absolute atomic E-state index is 10.0. The van der Waals surface area contributed by atoms with Crippen molar-refractivity contribution in [1.29, 1.82) is 0 Å². The van der Waals surface area contributed by atoms with E-state index in [4.69, 9.17) is 20.3 Å². The van der Waals surface area contributed by atoms with Crippen LogP contribution in [0.15, 0.2) is 6.33 Å². The van der Waals surface area contributed by atoms with E-state index in [1.54, 1.807) is 0 Å². The van der Waals surface area contributed by atoms with Crippen LogP contribution in [-0.4, -0.2) is 66.9 Å². The van der Waals surface area contributed by atoms with Crippen molar-refractivity contribution in [3.8, 4) is 5.88 Å². The second-order valence-corrected chi connectivity index (χ2v) is 4.64. The Hall–Kier alpha value is -2.01. The SMILES string of the molecule is COc1nc(N)nc2c1ncn2[C@@H]1O[C@H](CO)C(O)[C@@H]1O. The van der Waals surface area contributed by atoms with Crippen molar-refractivity contribution in [2.75, 3.05) is 19.5 Å². The molecule has 114 valence electrons. The first-order valence-electron chi connectivity index (χ1n) is 6.23. The minimum Gasteiger partial charge on any atom is -0.479 e. The molecule has 1 saturated heterocycles. The van der Waals surface area contributed by atoms with Crippen LogP contribution in [0.5, 0.6) is 5.88 Å². The van der Waals surface area contributed by atoms with E-state index < -0.39 is 31.1 Å². The topological polar surface area (TPSA) is 149 Å². The van der Waals surface area contributed by atoms with Crippen LogP contribution in [0.3, 0.4) is 0 Å². The summed E-state index contributed by atoms with van der Waals surface area (Å²) >= 11 is 0. The summed E-state index contributed by atoms with van der Waals surface area (Å²) in [5.74, 6) is 0.177. The minimum atomic E-state index is -1.23. The Morgan fingerprint density at radius 3 is 2.76 bits per heavy atom. The van der Waals surface area contributed by atoms with E-state index in [9.17, 15) is 10.2 Å². The van der Waals surface area contributed by atoms with Crippen molar-refractivity contribution in [3.63, 3.8) is 0 Å². The third-order valence-electron chi connectivity index (χ3n) is 3.39. The highest BCUT2D eigenvalue weighted by atomic mass is 16.6. The van der Waals surface area contributed by atoms with Gasteiger partial charge in [-0.2, -0.15) is 9.97 Å². The van der Waals surface area contributed by atoms with Crippen LogP contribution in [0.1, 0.15) is 6.23 Å². The molecule has 5 N–H and O–H groups in total. The summed E-state index contributed by atoms with van der Waals surface area (Å²) in [4.78, 5) is 12.1. The van der Waals surface area contributed by atoms with E-state index >= 15 is 0 Å². The molecule has 2 aromatic heterocycles. The van der Waals surface area contributed by atoms with Crippen LogP contribution >= 0.6 is 0 Å². The number of methoxy groups -OCH3 is 1. The van der Waals surface area contributed by atoms with Gasteiger partial charge >= 0.3 is 0 Å². The van der Waals surface area contributed by atoms with Crippen molar-refractivity contribution >= 4 is 17.1 Å². The number of nitrogens with zero attached hydrogens (tertiary/aromatic N) is 4. The van der Waals surface area contributed by atoms with Crippen molar-refractivity contribution < 1.29 is 24.8 Å². The van der Waals surface area contributed by atoms with E-state index in [0.717, 1.165) is 0 Å². The Labute approximate surface area is 118 Å². The number of fused-ring (bicyclic) bond motifs is 1. The van der Waals surface area contributed by atoms with Crippen LogP contribution in [0.4, 0.5) is 5.95 Å². The van der Waals surface area contributed by atoms with Gasteiger partial charge in [0.05, 0.1) is 20.0 Å². The van der Waals surface area contributed by atoms with Crippen LogP contribution in [0.25, 0.3) is 11.2 Å². The summed E-state index contributed by atoms with van der Waals surface area (Å²) in [7, 11) is 1.42. The van der Waals surface area contributed by atoms with Gasteiger partial charge in [-0.05, 0) is 0 Å². The standard InChI is InChI=1S/C11H15N5O5/c1-20-9-5-8(14-11(12)15-9)16(3-13-5)10-7(19)6(18)4(2-17)21-10/h3-4,6-7,10,17-19H,2H2,1H3,(H2,12,14,15)/t4-,6?,7+,10-/m1/s1. The number of nitrogen functional groups attached to an aromatic ring is 1. The number of hydrogen-bond donors (Lipinski definition) is 4. The summed E-state index contributed by atoms with van der Waals surface area (Å²) in [6.07, 6.45) is -2.90. The average molecular weight is 297 g/mol. The summed E-state index contributed by atoms with van der Waals surface area (Å²) in [5, 5.41) is 29.0. The number of ether oxygens (including phenoxy) is 2. The summed E-state index contributed by atoms with van der Waals surface area (Å²) in [5.41, 5.74) is 6.26. The largest absolute Gasteiger partial charge is 0.479 e. The second kappa shape index (κ2) is 5.07. The Morgan fingerprint density at radius 2 is 2.14 bits per heavy atom. The monoisotopic (exact) mass is 297 g/mol. The quantitative estimate of drug-likeness (QED) is 0.506. The molecule has 1 fully saturated rings. The Bertz CT molecular complexity index is 662. The normalized spacial score (nSPS) is 29.1. The first-order chi connectivity index (χ1) is 10.1. The van der Waals surface area contributed by atoms with Gasteiger partial charge < -0.3 is 30.5 Å². The number of aromatic nitrogens is 4. The maximum Gasteiger partial charge on any atom is 0.246 e. The smallest absolute Gasteiger partial charge is 0.246 e. The highest BCUT2D eigenvalue weighted by molar-refractivity contribution is 5.77. The van der Waals surface area contributed by atoms with E-state index in [-0.39, 0.29) is 11.8 Å². The zero-order chi connectivity index (χ0) is 15.1. The van der Waals surface area contributed by atoms with Gasteiger partial charge in [-0.1, -0.05) is 0 Å². The van der Waals surface area contributed by atoms with Crippen molar-refractivity contribution in [2.45, 2.75) is 24.5 Å². The molecule has 10 heteroatoms. The fourth-order valence-corrected chi connectivity index (χ4v) is 2.35. The molecule has 0 aliphatic carbocycles. The average Bonchev–Trinajstić information content (AvgIpc) is 3.01. The van der Waals surface area contributed by atoms with Gasteiger partial charge in [-0.15, -0.1) is 0 Å². The Balaban J connectivity index is 2.07. The second-order valence-electron chi connectivity index (χ2n) is 4.64. The number of aliphatic hydroxyl groups excluding tert-OH is 3. The van der Waals surface area contributed by atoms with Crippen molar-refractivity contribution in [2.24, 2.45) is 0 Å². The fourth-order valence-electron chi connectivity index (χ4n) is 2.35. The summed E-state index contributed by atoms with van der Waals surface area (Å²) < 4.78 is 11.9. The lowest BCUT2D eigenvalue weighted by Gasteiger charge is -2.16. The number of rotatable bonds is 3. The molecule has 0 amide bonds. The molecule has 4 atom stereocenters. The fraction of sp³-hybridized carbons (Fsp3) is 0.545. The van der Waals surface area contributed by atoms with Crippen molar-refractivity contribution in [1.82, 2.24) is 19.5 Å². The van der Waals surface area contributed by atoms with Gasteiger partial charge in [0.2, 0.25) is 11.8 Å². The molecule has 0 aromatic carbocycles. The van der Waals surface area contributed by atoms with Gasteiger partial charge in [0.25, 0.3) is 0 Å². The van der Waals surface area contributed by atoms with Crippen LogP contribution in [0.2, 0.25) is 0 Å². The molecular weight excluding hydrogens is 282 g/mol. The molecular formula is C11H15N5O5. The minimum absolute atomic E-state index is 0.0205. The highest BCUT2D eigenvalue weighted by Gasteiger charge is 2.44. The third-order valence-corrected chi connectivity index (χ3v) is 3.39. The third kappa shape index (κ3) is 2.08. The van der Waals surface area contributed by atoms with Gasteiger partial charge in [-0.3, -0.25) is 4.57 Å². The van der Waals surface area contributed by atoms with Crippen LogP contribution in [-0.2, 0) is 4.74 Å². The van der Waals surface area contributed by atoms with Gasteiger partial charge in [0.15, 0.2) is 17.4 Å². The lowest BCUT2D eigenvalue weighted by atomic mass is 10.1. The van der Waals surface area contributed by atoms with E-state index in [2.05, 4.69) is 15.0 Å². The predicted molar refractivity (Wildman–Crippen MR) is 69.3 cm³/mol. The molecule has 3 rings (SSSR count). The Morgan fingerprint density at radius 1 is 1.38 bits per heavy atom. The number of hydrogen-bond acceptors (Lipinski definition) is 9. The molecule has 10 nitrogen and oxygen atoms in total. The molecule has 0 radical (unpaired) electrons. The highest BCUT2D eigenvalue weighted by Crippen LogP contribution is 2.32. The van der Waals surface area contributed by atoms with E-state index in [1.165, 1.54) is 18.0 Å². The number of aliphatic hydroxyl groups is 3. The lowest BCUT2D eigenvalue weighted by Crippen LogP contribution is -2.33. The molecule has 2 aromatic rings. The molecule has 1 aliphatic rings. The number of nitrogens with two attached hydrogens (primary N) is 1. The summed E-state index contributed by atoms with van der Waals surface area (Å²) in [6.45, 7) is -0.415. The molecule has 0 bridgehead atoms. The first-order valence-corrected chi connectivity index (χ1v) is 6.23. The van der Waals surface area contributed by atoms with E-state index in [0.29, 0.717) is 11.2 Å². The van der Waals surface area contributed by atoms with Crippen molar-refractivity contribution in [3.05, 3.63) is 6.33 Å². The predicted octanol–water partition coefficient (Wildman–Crippen LogP) is -1.97. The van der Waals surface area contributed by atoms with Crippen LogP contribution in [0, 0.1) is 0 Å². The molecule has 3 heterocycles. The van der Waals surface area contributed by atoms with Crippen LogP contribution < -0.4 is 10.5 Å². The number of anilines is 1. The lowest BCUT2D eigenvalue weighted by molar-refractivity contribution is -0.0511. The van der Waals surface area contributed by atoms with Gasteiger partial charge in [-0.25, -0.2) is 4.98 Å². The number of imidazole rings is 1. The van der Waals surface area contributed by atoms with Gasteiger partial charge in [0.1, 0.15) is 18.3 Å². The Kier molecular flexibility index (Phi) is 3.37. The maximum atomic E-state index is 10.0. The molecule has 21 heavy (non-hydrogen) atoms. The summed E-state index contributed by atoms with van der Waals surface area (Å²) in [6, 6.07) is 0.